The summed E-state index contributed by atoms with van der Waals surface area (Å²) in [5.74, 6) is -0.703. The van der Waals surface area contributed by atoms with E-state index in [-0.39, 0.29) is 81.9 Å². The Kier molecular flexibility index (Phi) is 33.0. The number of benzene rings is 3. The van der Waals surface area contributed by atoms with Gasteiger partial charge in [0.2, 0.25) is 0 Å². The van der Waals surface area contributed by atoms with Gasteiger partial charge in [-0.25, -0.2) is 37.1 Å². The number of aliphatic carboxylic acids is 3. The summed E-state index contributed by atoms with van der Waals surface area (Å²) in [4.78, 5) is 168. The second kappa shape index (κ2) is 39.3. The van der Waals surface area contributed by atoms with Gasteiger partial charge in [0, 0.05) is 68.7 Å². The molecule has 19 N–H and O–H groups in total. The quantitative estimate of drug-likeness (QED) is 0.0242. The zero-order valence-corrected chi connectivity index (χ0v) is 54.6. The topological polar surface area (TPSA) is 524 Å². The second-order valence-electron chi connectivity index (χ2n) is 20.2. The molecule has 7 heterocycles. The van der Waals surface area contributed by atoms with Crippen LogP contribution < -0.4 is 64.9 Å². The van der Waals surface area contributed by atoms with Crippen LogP contribution in [-0.4, -0.2) is 168 Å². The van der Waals surface area contributed by atoms with Crippen molar-refractivity contribution in [1.29, 1.82) is 0 Å². The molecule has 0 bridgehead atoms. The summed E-state index contributed by atoms with van der Waals surface area (Å²) >= 11 is 18.4. The molecule has 97 heavy (non-hydrogen) atoms. The first-order chi connectivity index (χ1) is 45.3. The van der Waals surface area contributed by atoms with Gasteiger partial charge < -0.3 is 67.8 Å². The van der Waals surface area contributed by atoms with Crippen molar-refractivity contribution in [1.82, 2.24) is 62.7 Å². The number of aromatic amines is 2. The van der Waals surface area contributed by atoms with Crippen LogP contribution in [0, 0.1) is 17.5 Å². The van der Waals surface area contributed by atoms with Crippen LogP contribution >= 0.6 is 59.0 Å². The van der Waals surface area contributed by atoms with E-state index in [1.807, 2.05) is 12.2 Å². The minimum atomic E-state index is -1.17. The second-order valence-corrected chi connectivity index (χ2v) is 22.7. The number of thioether (sulfide) groups is 1. The number of fused-ring (bicyclic) bond motifs is 2. The molecule has 33 nitrogen and oxygen atoms in total. The lowest BCUT2D eigenvalue weighted by molar-refractivity contribution is -0.140. The van der Waals surface area contributed by atoms with Gasteiger partial charge >= 0.3 is 48.1 Å². The largest absolute Gasteiger partial charge is 0.481 e. The average Bonchev–Trinajstić information content (AvgIpc) is 1.67. The SMILES string of the molecule is CCSC(=O)CC[C@H]1NC(=O)NC1=O.CN1C(=O)N[C@H](Cc2c[nH]c3c(Cl)c(F)ccc23)C1=O.Cl.NNc1cccc(F)c1Cl.N[C@H](CCC(=O)O)C(=O)O.O=C(O)CC[C@H]1NC(=O)NC1=O.O=C1NC(=O)[C@@H](Cc2c[nH]c3c(Cl)c(F)ccc23)N1.O=CCC[C@H]1NC(=O)NC1=O. The molecule has 5 fully saturated rings. The number of urea groups is 5. The first-order valence-electron chi connectivity index (χ1n) is 28.1. The zero-order chi connectivity index (χ0) is 71.7. The number of nitrogen functional groups attached to an aromatic ring is 1. The molecule has 3 aromatic carbocycles. The number of H-pyrrole nitrogens is 2. The number of nitrogens with one attached hydrogen (secondary N) is 12. The van der Waals surface area contributed by atoms with Gasteiger partial charge in [0.25, 0.3) is 29.5 Å². The number of hydrogen-bond donors (Lipinski definition) is 17. The first kappa shape index (κ1) is 81.4. The number of amides is 15. The number of carbonyl (C=O) groups is 15. The molecule has 0 radical (unpaired) electrons. The molecule has 6 atom stereocenters. The van der Waals surface area contributed by atoms with E-state index in [2.05, 4.69) is 57.9 Å². The van der Waals surface area contributed by atoms with Gasteiger partial charge in [0.1, 0.15) is 75.1 Å². The van der Waals surface area contributed by atoms with Gasteiger partial charge in [-0.3, -0.25) is 75.2 Å². The molecule has 10 rings (SSSR count). The van der Waals surface area contributed by atoms with E-state index in [1.54, 1.807) is 30.6 Å². The maximum absolute atomic E-state index is 13.4. The number of halogens is 7. The molecular weight excluding hydrogens is 1400 g/mol. The van der Waals surface area contributed by atoms with Crippen molar-refractivity contribution in [3.63, 3.8) is 0 Å². The van der Waals surface area contributed by atoms with Crippen molar-refractivity contribution < 1.29 is 100 Å². The lowest BCUT2D eigenvalue weighted by Crippen LogP contribution is -2.31. The third-order valence-corrected chi connectivity index (χ3v) is 15.4. The molecule has 15 amide bonds. The van der Waals surface area contributed by atoms with E-state index >= 15 is 0 Å². The molecule has 0 spiro atoms. The van der Waals surface area contributed by atoms with Crippen LogP contribution in [0.5, 0.6) is 0 Å². The summed E-state index contributed by atoms with van der Waals surface area (Å²) in [7, 11) is 1.43. The van der Waals surface area contributed by atoms with Crippen LogP contribution in [0.25, 0.3) is 21.8 Å². The average molecular weight is 1470 g/mol. The standard InChI is InChI=1S/C13H11ClFN3O2.C12H9ClFN3O2.C8H12N2O3S.C6H6ClFN2.C6H8N2O4.C6H8N2O3.C5H9NO4.ClH/c1-18-12(19)9(17-13(18)20)4-6-5-16-11-7(6)2-3-8(15)10(11)14;13-9-7(14)2-1-6-5(4-15-10(6)9)3-8-11(18)17-12(19)16-8;1-2-14-6(11)4-3-5-7(12)10-8(13)9-5;7-6-4(8)2-1-3-5(6)10-9;9-4(10)2-1-3-5(11)8-6(12)7-3;9-3-1-2-4-5(10)8-6(11)7-4;6-3(5(9)10)1-2-4(7)8;/h2-3,5,9,16H,4H2,1H3,(H,17,20);1-2,4,8,15H,3H2,(H2,16,17,18,19);5H,2-4H2,1H3,(H2,9,10,12,13);1-3,10H,9H2;3H,1-2H2,(H,9,10)(H2,7,8,11,12);3-4H,1-2H2,(H2,7,8,10,11);3H,1-2,6H2,(H,7,8)(H,9,10);1H/t9-;8-;5-;;3-;4-;3-;/m111.111./s1. The number of likely N-dealkylation sites (N-methyl/N-ethyl adjacent to an activating group) is 1. The number of hydrazine groups is 1. The van der Waals surface area contributed by atoms with Crippen molar-refractivity contribution in [3.8, 4) is 0 Å². The van der Waals surface area contributed by atoms with Gasteiger partial charge in [-0.05, 0) is 79.0 Å². The molecule has 2 aromatic heterocycles. The van der Waals surface area contributed by atoms with Crippen molar-refractivity contribution in [3.05, 3.63) is 98.5 Å². The number of aromatic nitrogens is 2. The zero-order valence-electron chi connectivity index (χ0n) is 50.7. The van der Waals surface area contributed by atoms with Crippen LogP contribution in [0.2, 0.25) is 15.1 Å². The molecule has 5 aromatic rings. The molecule has 0 saturated carbocycles. The fraction of sp³-hybridized carbons (Fsp3) is 0.339. The summed E-state index contributed by atoms with van der Waals surface area (Å²) in [6.45, 7) is 1.90. The summed E-state index contributed by atoms with van der Waals surface area (Å²) in [5, 5.41) is 46.7. The van der Waals surface area contributed by atoms with Crippen molar-refractivity contribution >= 4 is 175 Å². The third kappa shape index (κ3) is 25.1. The highest BCUT2D eigenvalue weighted by Gasteiger charge is 2.36. The minimum Gasteiger partial charge on any atom is -0.481 e. The predicted octanol–water partition coefficient (Wildman–Crippen LogP) is 3.70. The lowest BCUT2D eigenvalue weighted by atomic mass is 10.1. The van der Waals surface area contributed by atoms with Crippen molar-refractivity contribution in [2.75, 3.05) is 18.2 Å². The number of nitrogens with two attached hydrogens (primary N) is 2. The Morgan fingerprint density at radius 3 is 1.40 bits per heavy atom. The van der Waals surface area contributed by atoms with Gasteiger partial charge in [-0.2, -0.15) is 0 Å². The highest BCUT2D eigenvalue weighted by Crippen LogP contribution is 2.31. The minimum absolute atomic E-state index is 0. The summed E-state index contributed by atoms with van der Waals surface area (Å²) < 4.78 is 39.2. The fourth-order valence-corrected chi connectivity index (χ4v) is 9.76. The maximum Gasteiger partial charge on any atom is 0.324 e. The number of rotatable bonds is 19. The number of hydrogen-bond acceptors (Lipinski definition) is 19. The highest BCUT2D eigenvalue weighted by atomic mass is 35.5. The third-order valence-electron chi connectivity index (χ3n) is 13.4. The van der Waals surface area contributed by atoms with Gasteiger partial charge in [0.15, 0.2) is 5.12 Å². The number of aldehydes is 1. The molecule has 0 unspecified atom stereocenters. The predicted molar refractivity (Wildman–Crippen MR) is 344 cm³/mol. The van der Waals surface area contributed by atoms with Crippen molar-refractivity contribution in [2.24, 2.45) is 11.6 Å². The summed E-state index contributed by atoms with van der Waals surface area (Å²) in [5.41, 5.74) is 10.2. The lowest BCUT2D eigenvalue weighted by Gasteiger charge is -2.07. The van der Waals surface area contributed by atoms with E-state index in [4.69, 9.17) is 61.7 Å². The Hall–Kier alpha value is -9.79. The van der Waals surface area contributed by atoms with E-state index in [0.717, 1.165) is 38.8 Å². The Balaban J connectivity index is 0.000000300. The number of nitrogens with zero attached hydrogens (tertiary/aromatic N) is 1. The number of imide groups is 5. The number of anilines is 1. The maximum atomic E-state index is 13.4. The Labute approximate surface area is 571 Å². The van der Waals surface area contributed by atoms with Gasteiger partial charge in [0.05, 0.1) is 16.7 Å². The van der Waals surface area contributed by atoms with Crippen molar-refractivity contribution in [2.45, 2.75) is 107 Å². The van der Waals surface area contributed by atoms with Crippen LogP contribution in [0.3, 0.4) is 0 Å². The molecule has 5 aliphatic rings. The van der Waals surface area contributed by atoms with Crippen LogP contribution in [0.4, 0.5) is 42.8 Å². The molecular formula is C56H64Cl4F3N15O18S. The summed E-state index contributed by atoms with van der Waals surface area (Å²) in [6.07, 6.45) is 5.85. The molecule has 5 saturated heterocycles. The van der Waals surface area contributed by atoms with Crippen LogP contribution in [0.1, 0.15) is 69.4 Å². The summed E-state index contributed by atoms with van der Waals surface area (Å²) in [6, 6.07) is 3.68. The van der Waals surface area contributed by atoms with Crippen LogP contribution in [-0.2, 0) is 60.8 Å². The normalized spacial score (nSPS) is 18.1. The Morgan fingerprint density at radius 1 is 0.608 bits per heavy atom. The monoisotopic (exact) mass is 1460 g/mol. The fourth-order valence-electron chi connectivity index (χ4n) is 8.55. The number of carboxylic acid groups (broad SMARTS) is 3. The number of carboxylic acids is 3. The molecule has 526 valence electrons. The smallest absolute Gasteiger partial charge is 0.324 e. The van der Waals surface area contributed by atoms with Gasteiger partial charge in [-0.15, -0.1) is 12.4 Å². The highest BCUT2D eigenvalue weighted by molar-refractivity contribution is 8.13. The molecule has 41 heteroatoms. The van der Waals surface area contributed by atoms with Gasteiger partial charge in [-0.1, -0.05) is 59.6 Å². The first-order valence-corrected chi connectivity index (χ1v) is 30.3. The Morgan fingerprint density at radius 2 is 1.03 bits per heavy atom. The Bertz CT molecular complexity index is 3800. The number of carbonyl (C=O) groups excluding carboxylic acids is 12. The van der Waals surface area contributed by atoms with E-state index < -0.39 is 108 Å². The molecule has 0 aliphatic carbocycles. The molecule has 5 aliphatic heterocycles. The van der Waals surface area contributed by atoms with E-state index in [1.165, 1.54) is 43.1 Å². The van der Waals surface area contributed by atoms with Crippen LogP contribution in [0.15, 0.2) is 54.9 Å². The van der Waals surface area contributed by atoms with E-state index in [9.17, 15) is 85.1 Å². The van der Waals surface area contributed by atoms with E-state index in [0.29, 0.717) is 55.2 Å².